The van der Waals surface area contributed by atoms with E-state index in [4.69, 9.17) is 4.74 Å². The number of ether oxygens (including phenoxy) is 1. The summed E-state index contributed by atoms with van der Waals surface area (Å²) in [5.41, 5.74) is 0. The molecule has 8 heteroatoms. The van der Waals surface area contributed by atoms with E-state index in [0.717, 1.165) is 6.42 Å². The number of carbonyl (C=O) groups is 2. The summed E-state index contributed by atoms with van der Waals surface area (Å²) in [5, 5.41) is 5.33. The zero-order chi connectivity index (χ0) is 17.5. The molecule has 0 aliphatic carbocycles. The lowest BCUT2D eigenvalue weighted by molar-refractivity contribution is -0.132. The second-order valence-electron chi connectivity index (χ2n) is 6.40. The van der Waals surface area contributed by atoms with Crippen molar-refractivity contribution in [3.8, 4) is 0 Å². The number of sulfone groups is 1. The van der Waals surface area contributed by atoms with Crippen molar-refractivity contribution in [2.24, 2.45) is 5.92 Å². The molecule has 1 saturated heterocycles. The average molecular weight is 348 g/mol. The Balaban J connectivity index is 2.15. The molecule has 0 aromatic carbocycles. The molecular weight excluding hydrogens is 320 g/mol. The predicted octanol–water partition coefficient (Wildman–Crippen LogP) is 0.247. The Morgan fingerprint density at radius 1 is 1.26 bits per heavy atom. The molecule has 2 amide bonds. The van der Waals surface area contributed by atoms with Crippen molar-refractivity contribution in [1.82, 2.24) is 10.6 Å². The Labute approximate surface area is 138 Å². The first-order chi connectivity index (χ1) is 10.7. The number of nitrogens with one attached hydrogen (secondary N) is 2. The van der Waals surface area contributed by atoms with Gasteiger partial charge in [0.15, 0.2) is 9.84 Å². The van der Waals surface area contributed by atoms with Crippen LogP contribution in [-0.2, 0) is 24.2 Å². The molecule has 1 aliphatic rings. The standard InChI is InChI=1S/C15H28N2O5S/c1-11(2)5-8-22-12(3)15(19)16-7-4-14(18)17-13-6-9-23(20,21)10-13/h11-13H,4-10H2,1-3H3,(H,16,19)(H,17,18)/t12-,13-/m1/s1. The number of hydrogen-bond acceptors (Lipinski definition) is 5. The lowest BCUT2D eigenvalue weighted by atomic mass is 10.1. The van der Waals surface area contributed by atoms with Crippen LogP contribution in [-0.4, -0.2) is 57.0 Å². The first-order valence-corrected chi connectivity index (χ1v) is 9.91. The number of amides is 2. The van der Waals surface area contributed by atoms with Crippen LogP contribution >= 0.6 is 0 Å². The van der Waals surface area contributed by atoms with E-state index in [-0.39, 0.29) is 42.3 Å². The van der Waals surface area contributed by atoms with Gasteiger partial charge in [-0.05, 0) is 25.7 Å². The van der Waals surface area contributed by atoms with E-state index in [2.05, 4.69) is 24.5 Å². The predicted molar refractivity (Wildman–Crippen MR) is 87.7 cm³/mol. The normalized spacial score (nSPS) is 21.1. The topological polar surface area (TPSA) is 102 Å². The smallest absolute Gasteiger partial charge is 0.248 e. The molecule has 7 nitrogen and oxygen atoms in total. The minimum atomic E-state index is -3.00. The van der Waals surface area contributed by atoms with E-state index in [1.165, 1.54) is 0 Å². The molecule has 1 rings (SSSR count). The molecule has 0 radical (unpaired) electrons. The Kier molecular flexibility index (Phi) is 7.98. The maximum absolute atomic E-state index is 11.8. The van der Waals surface area contributed by atoms with Crippen molar-refractivity contribution in [3.63, 3.8) is 0 Å². The van der Waals surface area contributed by atoms with Gasteiger partial charge in [-0.25, -0.2) is 8.42 Å². The molecule has 2 atom stereocenters. The SMILES string of the molecule is CC(C)CCO[C@H](C)C(=O)NCCC(=O)N[C@@H]1CCS(=O)(=O)C1. The number of rotatable bonds is 9. The highest BCUT2D eigenvalue weighted by Gasteiger charge is 2.28. The van der Waals surface area contributed by atoms with Crippen molar-refractivity contribution in [2.75, 3.05) is 24.7 Å². The Morgan fingerprint density at radius 3 is 2.52 bits per heavy atom. The van der Waals surface area contributed by atoms with Crippen molar-refractivity contribution in [3.05, 3.63) is 0 Å². The summed E-state index contributed by atoms with van der Waals surface area (Å²) in [6, 6.07) is -0.304. The minimum Gasteiger partial charge on any atom is -0.369 e. The number of hydrogen-bond donors (Lipinski definition) is 2. The third-order valence-electron chi connectivity index (χ3n) is 3.68. The van der Waals surface area contributed by atoms with Gasteiger partial charge in [0.2, 0.25) is 11.8 Å². The van der Waals surface area contributed by atoms with Gasteiger partial charge in [-0.15, -0.1) is 0 Å². The third kappa shape index (κ3) is 8.31. The van der Waals surface area contributed by atoms with Gasteiger partial charge < -0.3 is 15.4 Å². The molecule has 134 valence electrons. The average Bonchev–Trinajstić information content (AvgIpc) is 2.77. The van der Waals surface area contributed by atoms with Crippen LogP contribution < -0.4 is 10.6 Å². The van der Waals surface area contributed by atoms with E-state index in [1.54, 1.807) is 6.92 Å². The fourth-order valence-corrected chi connectivity index (χ4v) is 3.88. The third-order valence-corrected chi connectivity index (χ3v) is 5.45. The van der Waals surface area contributed by atoms with Crippen molar-refractivity contribution < 1.29 is 22.7 Å². The monoisotopic (exact) mass is 348 g/mol. The molecule has 0 aromatic rings. The van der Waals surface area contributed by atoms with Gasteiger partial charge in [0.25, 0.3) is 0 Å². The Hall–Kier alpha value is -1.15. The van der Waals surface area contributed by atoms with Crippen LogP contribution in [0.5, 0.6) is 0 Å². The lowest BCUT2D eigenvalue weighted by Gasteiger charge is -2.15. The minimum absolute atomic E-state index is 0.00578. The van der Waals surface area contributed by atoms with Gasteiger partial charge in [0, 0.05) is 25.6 Å². The van der Waals surface area contributed by atoms with E-state index >= 15 is 0 Å². The van der Waals surface area contributed by atoms with Crippen LogP contribution in [0.15, 0.2) is 0 Å². The van der Waals surface area contributed by atoms with Crippen molar-refractivity contribution in [2.45, 2.75) is 52.2 Å². The second kappa shape index (κ2) is 9.22. The molecule has 2 N–H and O–H groups in total. The maximum atomic E-state index is 11.8. The van der Waals surface area contributed by atoms with Crippen LogP contribution in [0.1, 0.15) is 40.0 Å². The van der Waals surface area contributed by atoms with E-state index < -0.39 is 15.9 Å². The maximum Gasteiger partial charge on any atom is 0.248 e. The van der Waals surface area contributed by atoms with Crippen LogP contribution in [0.3, 0.4) is 0 Å². The molecule has 1 heterocycles. The quantitative estimate of drug-likeness (QED) is 0.622. The van der Waals surface area contributed by atoms with Gasteiger partial charge in [0.05, 0.1) is 11.5 Å². The lowest BCUT2D eigenvalue weighted by Crippen LogP contribution is -2.40. The summed E-state index contributed by atoms with van der Waals surface area (Å²) >= 11 is 0. The van der Waals surface area contributed by atoms with Gasteiger partial charge in [-0.2, -0.15) is 0 Å². The molecule has 0 unspecified atom stereocenters. The highest BCUT2D eigenvalue weighted by atomic mass is 32.2. The highest BCUT2D eigenvalue weighted by molar-refractivity contribution is 7.91. The molecule has 0 bridgehead atoms. The first-order valence-electron chi connectivity index (χ1n) is 8.08. The van der Waals surface area contributed by atoms with Crippen LogP contribution in [0.4, 0.5) is 0 Å². The molecule has 0 saturated carbocycles. The second-order valence-corrected chi connectivity index (χ2v) is 8.63. The van der Waals surface area contributed by atoms with Crippen molar-refractivity contribution in [1.29, 1.82) is 0 Å². The first kappa shape index (κ1) is 19.9. The summed E-state index contributed by atoms with van der Waals surface area (Å²) in [4.78, 5) is 23.5. The molecular formula is C15H28N2O5S. The summed E-state index contributed by atoms with van der Waals surface area (Å²) < 4.78 is 28.0. The van der Waals surface area contributed by atoms with Gasteiger partial charge in [0.1, 0.15) is 6.10 Å². The Morgan fingerprint density at radius 2 is 1.96 bits per heavy atom. The number of carbonyl (C=O) groups excluding carboxylic acids is 2. The van der Waals surface area contributed by atoms with Gasteiger partial charge in [-0.3, -0.25) is 9.59 Å². The molecule has 0 aromatic heterocycles. The molecule has 1 fully saturated rings. The van der Waals surface area contributed by atoms with Gasteiger partial charge in [-0.1, -0.05) is 13.8 Å². The van der Waals surface area contributed by atoms with Crippen molar-refractivity contribution >= 4 is 21.7 Å². The summed E-state index contributed by atoms with van der Waals surface area (Å²) in [6.07, 6.45) is 0.934. The Bertz CT molecular complexity index is 504. The summed E-state index contributed by atoms with van der Waals surface area (Å²) in [5.74, 6) is 0.158. The summed E-state index contributed by atoms with van der Waals surface area (Å²) in [6.45, 7) is 6.59. The van der Waals surface area contributed by atoms with E-state index in [9.17, 15) is 18.0 Å². The van der Waals surface area contributed by atoms with Crippen LogP contribution in [0.25, 0.3) is 0 Å². The highest BCUT2D eigenvalue weighted by Crippen LogP contribution is 2.11. The molecule has 1 aliphatic heterocycles. The summed E-state index contributed by atoms with van der Waals surface area (Å²) in [7, 11) is -3.00. The van der Waals surface area contributed by atoms with Gasteiger partial charge >= 0.3 is 0 Å². The van der Waals surface area contributed by atoms with E-state index in [1.807, 2.05) is 0 Å². The van der Waals surface area contributed by atoms with Crippen LogP contribution in [0, 0.1) is 5.92 Å². The zero-order valence-electron chi connectivity index (χ0n) is 14.1. The fraction of sp³-hybridized carbons (Fsp3) is 0.867. The molecule has 0 spiro atoms. The molecule has 23 heavy (non-hydrogen) atoms. The largest absolute Gasteiger partial charge is 0.369 e. The van der Waals surface area contributed by atoms with E-state index in [0.29, 0.717) is 18.9 Å². The van der Waals surface area contributed by atoms with Crippen LogP contribution in [0.2, 0.25) is 0 Å². The fourth-order valence-electron chi connectivity index (χ4n) is 2.21. The zero-order valence-corrected chi connectivity index (χ0v) is 14.9.